The molecular weight excluding hydrogens is 315 g/mol. The Kier molecular flexibility index (Phi) is 4.86. The van der Waals surface area contributed by atoms with Gasteiger partial charge in [-0.15, -0.1) is 11.5 Å². The maximum absolute atomic E-state index is 3.89. The summed E-state index contributed by atoms with van der Waals surface area (Å²) in [6.45, 7) is 2.43. The molecule has 0 nitrogen and oxygen atoms in total. The molecule has 0 aromatic heterocycles. The number of hydrogen-bond donors (Lipinski definition) is 0. The van der Waals surface area contributed by atoms with E-state index in [0.29, 0.717) is 5.92 Å². The van der Waals surface area contributed by atoms with Crippen molar-refractivity contribution in [1.29, 1.82) is 0 Å². The zero-order chi connectivity index (χ0) is 17.1. The third kappa shape index (κ3) is 3.49. The minimum absolute atomic E-state index is 0.635. The topological polar surface area (TPSA) is 0 Å². The van der Waals surface area contributed by atoms with Crippen molar-refractivity contribution in [1.82, 2.24) is 0 Å². The summed E-state index contributed by atoms with van der Waals surface area (Å²) in [4.78, 5) is 0. The van der Waals surface area contributed by atoms with E-state index in [-0.39, 0.29) is 0 Å². The Bertz CT molecular complexity index is 719. The number of fused-ring (bicyclic) bond motifs is 2. The van der Waals surface area contributed by atoms with Gasteiger partial charge in [0.2, 0.25) is 0 Å². The van der Waals surface area contributed by atoms with Gasteiger partial charge in [-0.25, -0.2) is 0 Å². The number of benzene rings is 2. The van der Waals surface area contributed by atoms with E-state index in [2.05, 4.69) is 78.7 Å². The van der Waals surface area contributed by atoms with Gasteiger partial charge in [-0.05, 0) is 16.8 Å². The summed E-state index contributed by atoms with van der Waals surface area (Å²) >= 11 is 0. The minimum atomic E-state index is -1.99. The standard InChI is InChI=1S/C23H27BSi/c1-25(21-10-4-2-5-11-21,22-12-6-3-7-13-22)18-17-19-15-16-20-9-8-14-23(19)24-20/h2-7,10-13,19-20,23-24H,8-9,14-16H2,1H3. The van der Waals surface area contributed by atoms with Crippen LogP contribution in [-0.4, -0.2) is 15.4 Å². The third-order valence-electron chi connectivity index (χ3n) is 6.49. The lowest BCUT2D eigenvalue weighted by atomic mass is 9.41. The summed E-state index contributed by atoms with van der Waals surface area (Å²) in [5.41, 5.74) is 3.89. The molecule has 0 aliphatic carbocycles. The molecule has 2 heteroatoms. The minimum Gasteiger partial charge on any atom is -0.120 e. The zero-order valence-electron chi connectivity index (χ0n) is 15.2. The second-order valence-electron chi connectivity index (χ2n) is 8.10. The molecule has 2 aromatic rings. The molecule has 4 rings (SSSR count). The van der Waals surface area contributed by atoms with E-state index < -0.39 is 8.07 Å². The second kappa shape index (κ2) is 7.26. The Morgan fingerprint density at radius 3 is 2.12 bits per heavy atom. The molecule has 0 amide bonds. The molecule has 126 valence electrons. The Hall–Kier alpha value is -1.72. The number of hydrogen-bond acceptors (Lipinski definition) is 0. The van der Waals surface area contributed by atoms with Crippen LogP contribution in [0.2, 0.25) is 18.2 Å². The molecular formula is C23H27BSi. The predicted octanol–water partition coefficient (Wildman–Crippen LogP) is 4.03. The van der Waals surface area contributed by atoms with Gasteiger partial charge in [-0.3, -0.25) is 0 Å². The van der Waals surface area contributed by atoms with Crippen LogP contribution in [0.1, 0.15) is 32.1 Å². The van der Waals surface area contributed by atoms with E-state index in [1.54, 1.807) is 0 Å². The molecule has 0 N–H and O–H groups in total. The van der Waals surface area contributed by atoms with Crippen molar-refractivity contribution in [3.8, 4) is 11.5 Å². The van der Waals surface area contributed by atoms with Gasteiger partial charge < -0.3 is 0 Å². The third-order valence-corrected chi connectivity index (χ3v) is 10.1. The molecule has 2 bridgehead atoms. The quantitative estimate of drug-likeness (QED) is 0.571. The van der Waals surface area contributed by atoms with Gasteiger partial charge in [-0.2, -0.15) is 0 Å². The smallest absolute Gasteiger partial charge is 0.120 e. The highest BCUT2D eigenvalue weighted by atomic mass is 28.3. The molecule has 0 saturated carbocycles. The van der Waals surface area contributed by atoms with Crippen molar-refractivity contribution in [3.63, 3.8) is 0 Å². The maximum atomic E-state index is 3.89. The van der Waals surface area contributed by atoms with Crippen molar-refractivity contribution < 1.29 is 0 Å². The van der Waals surface area contributed by atoms with E-state index in [1.807, 2.05) is 0 Å². The average Bonchev–Trinajstić information content (AvgIpc) is 2.69. The first-order chi connectivity index (χ1) is 12.3. The van der Waals surface area contributed by atoms with Gasteiger partial charge in [0, 0.05) is 5.92 Å². The molecule has 25 heavy (non-hydrogen) atoms. The Labute approximate surface area is 154 Å². The SMILES string of the molecule is C[Si](C#CC1CCC2BC1CCC2)(c1ccccc1)c1ccccc1. The average molecular weight is 342 g/mol. The molecule has 2 fully saturated rings. The van der Waals surface area contributed by atoms with Crippen LogP contribution in [0.5, 0.6) is 0 Å². The monoisotopic (exact) mass is 342 g/mol. The molecule has 2 aliphatic rings. The van der Waals surface area contributed by atoms with Gasteiger partial charge in [0.05, 0.1) is 0 Å². The highest BCUT2D eigenvalue weighted by Gasteiger charge is 2.35. The molecule has 2 aromatic carbocycles. The molecule has 2 heterocycles. The fourth-order valence-corrected chi connectivity index (χ4v) is 7.71. The first-order valence-electron chi connectivity index (χ1n) is 9.89. The molecule has 0 radical (unpaired) electrons. The van der Waals surface area contributed by atoms with Crippen LogP contribution in [-0.2, 0) is 0 Å². The fourth-order valence-electron chi connectivity index (χ4n) is 4.89. The van der Waals surface area contributed by atoms with Crippen molar-refractivity contribution in [2.45, 2.75) is 50.3 Å². The van der Waals surface area contributed by atoms with Crippen LogP contribution in [0.4, 0.5) is 0 Å². The maximum Gasteiger partial charge on any atom is 0.196 e. The second-order valence-corrected chi connectivity index (χ2v) is 11.8. The van der Waals surface area contributed by atoms with E-state index in [9.17, 15) is 0 Å². The molecule has 2 aliphatic heterocycles. The summed E-state index contributed by atoms with van der Waals surface area (Å²) in [5, 5.41) is 2.87. The summed E-state index contributed by atoms with van der Waals surface area (Å²) < 4.78 is 0. The number of rotatable bonds is 2. The largest absolute Gasteiger partial charge is 0.196 e. The van der Waals surface area contributed by atoms with Crippen molar-refractivity contribution in [2.75, 3.05) is 0 Å². The highest BCUT2D eigenvalue weighted by molar-refractivity contribution is 7.07. The zero-order valence-corrected chi connectivity index (χ0v) is 16.2. The fraction of sp³-hybridized carbons (Fsp3) is 0.391. The van der Waals surface area contributed by atoms with Crippen LogP contribution in [0.3, 0.4) is 0 Å². The van der Waals surface area contributed by atoms with E-state index in [0.717, 1.165) is 11.6 Å². The molecule has 3 atom stereocenters. The van der Waals surface area contributed by atoms with Crippen LogP contribution in [0.15, 0.2) is 60.7 Å². The summed E-state index contributed by atoms with van der Waals surface area (Å²) in [7, 11) is -0.549. The summed E-state index contributed by atoms with van der Waals surface area (Å²) in [5.74, 6) is 6.33. The van der Waals surface area contributed by atoms with Crippen LogP contribution in [0.25, 0.3) is 0 Å². The van der Waals surface area contributed by atoms with Gasteiger partial charge in [0.15, 0.2) is 8.07 Å². The normalized spacial score (nSPS) is 25.4. The summed E-state index contributed by atoms with van der Waals surface area (Å²) in [6.07, 6.45) is 7.04. The van der Waals surface area contributed by atoms with Gasteiger partial charge in [0.25, 0.3) is 0 Å². The Morgan fingerprint density at radius 2 is 1.48 bits per heavy atom. The van der Waals surface area contributed by atoms with E-state index in [4.69, 9.17) is 0 Å². The van der Waals surface area contributed by atoms with Crippen molar-refractivity contribution in [3.05, 3.63) is 60.7 Å². The van der Waals surface area contributed by atoms with Gasteiger partial charge in [0.1, 0.15) is 7.28 Å². The molecule has 3 unspecified atom stereocenters. The first kappa shape index (κ1) is 16.7. The van der Waals surface area contributed by atoms with E-state index >= 15 is 0 Å². The van der Waals surface area contributed by atoms with Crippen molar-refractivity contribution in [2.24, 2.45) is 5.92 Å². The lowest BCUT2D eigenvalue weighted by Gasteiger charge is -2.37. The van der Waals surface area contributed by atoms with E-state index in [1.165, 1.54) is 49.8 Å². The summed E-state index contributed by atoms with van der Waals surface area (Å²) in [6, 6.07) is 22.0. The lowest BCUT2D eigenvalue weighted by Crippen LogP contribution is -2.55. The molecule has 2 saturated heterocycles. The van der Waals surface area contributed by atoms with Crippen LogP contribution >= 0.6 is 0 Å². The Balaban J connectivity index is 1.68. The van der Waals surface area contributed by atoms with Crippen molar-refractivity contribution >= 4 is 25.7 Å². The lowest BCUT2D eigenvalue weighted by molar-refractivity contribution is 0.399. The predicted molar refractivity (Wildman–Crippen MR) is 113 cm³/mol. The first-order valence-corrected chi connectivity index (χ1v) is 12.4. The van der Waals surface area contributed by atoms with Gasteiger partial charge in [-0.1, -0.05) is 105 Å². The molecule has 0 spiro atoms. The highest BCUT2D eigenvalue weighted by Crippen LogP contribution is 2.44. The van der Waals surface area contributed by atoms with Crippen LogP contribution in [0, 0.1) is 17.4 Å². The Morgan fingerprint density at radius 1 is 0.840 bits per heavy atom. The van der Waals surface area contributed by atoms with Crippen LogP contribution < -0.4 is 10.4 Å². The van der Waals surface area contributed by atoms with Gasteiger partial charge >= 0.3 is 0 Å².